The highest BCUT2D eigenvalue weighted by Gasteiger charge is 2.40. The van der Waals surface area contributed by atoms with E-state index in [1.165, 1.54) is 16.5 Å². The number of hydrogen-bond acceptors (Lipinski definition) is 5. The quantitative estimate of drug-likeness (QED) is 0.607. The van der Waals surface area contributed by atoms with Crippen LogP contribution in [-0.4, -0.2) is 43.9 Å². The van der Waals surface area contributed by atoms with Gasteiger partial charge in [-0.1, -0.05) is 49.0 Å². The molecule has 5 nitrogen and oxygen atoms in total. The van der Waals surface area contributed by atoms with Crippen molar-refractivity contribution in [2.24, 2.45) is 5.92 Å². The predicted molar refractivity (Wildman–Crippen MR) is 121 cm³/mol. The Labute approximate surface area is 182 Å². The van der Waals surface area contributed by atoms with Gasteiger partial charge in [-0.2, -0.15) is 13.1 Å². The van der Waals surface area contributed by atoms with E-state index in [0.717, 1.165) is 41.1 Å². The Balaban J connectivity index is 1.74. The molecule has 1 fully saturated rings. The first-order valence-electron chi connectivity index (χ1n) is 10.3. The number of benzene rings is 2. The summed E-state index contributed by atoms with van der Waals surface area (Å²) in [6.07, 6.45) is 3.16. The van der Waals surface area contributed by atoms with E-state index in [1.54, 1.807) is 16.5 Å². The third kappa shape index (κ3) is 3.43. The molecule has 0 spiro atoms. The van der Waals surface area contributed by atoms with E-state index < -0.39 is 10.1 Å². The van der Waals surface area contributed by atoms with Crippen LogP contribution in [0, 0.1) is 5.92 Å². The molecule has 158 valence electrons. The first kappa shape index (κ1) is 20.0. The van der Waals surface area contributed by atoms with Crippen molar-refractivity contribution >= 4 is 32.8 Å². The molecular weight excluding hydrogens is 416 g/mol. The van der Waals surface area contributed by atoms with Crippen molar-refractivity contribution < 1.29 is 12.7 Å². The average molecular weight is 443 g/mol. The van der Waals surface area contributed by atoms with Crippen LogP contribution in [0.1, 0.15) is 30.4 Å². The summed E-state index contributed by atoms with van der Waals surface area (Å²) >= 11 is 1.57. The van der Waals surface area contributed by atoms with Crippen LogP contribution in [0.5, 0.6) is 0 Å². The Kier molecular flexibility index (Phi) is 4.87. The molecule has 2 aromatic carbocycles. The molecule has 7 heteroatoms. The number of hydrogen-bond donors (Lipinski definition) is 0. The molecule has 1 saturated heterocycles. The van der Waals surface area contributed by atoms with Gasteiger partial charge < -0.3 is 4.90 Å². The van der Waals surface area contributed by atoms with Crippen LogP contribution < -0.4 is 4.28 Å². The van der Waals surface area contributed by atoms with Crippen molar-refractivity contribution in [2.75, 3.05) is 19.8 Å². The van der Waals surface area contributed by atoms with Crippen molar-refractivity contribution in [3.63, 3.8) is 0 Å². The van der Waals surface area contributed by atoms with Crippen LogP contribution in [0.25, 0.3) is 10.9 Å². The molecule has 1 aromatic heterocycles. The van der Waals surface area contributed by atoms with Gasteiger partial charge in [0.2, 0.25) is 0 Å². The van der Waals surface area contributed by atoms with E-state index in [1.807, 2.05) is 42.5 Å². The highest BCUT2D eigenvalue weighted by Crippen LogP contribution is 2.48. The lowest BCUT2D eigenvalue weighted by Crippen LogP contribution is -2.47. The molecule has 30 heavy (non-hydrogen) atoms. The zero-order valence-corrected chi connectivity index (χ0v) is 19.0. The minimum atomic E-state index is -3.68. The van der Waals surface area contributed by atoms with Gasteiger partial charge in [-0.15, -0.1) is 0 Å². The summed E-state index contributed by atoms with van der Waals surface area (Å²) in [6.45, 7) is 3.41. The maximum absolute atomic E-state index is 12.1. The second-order valence-corrected chi connectivity index (χ2v) is 11.3. The zero-order valence-electron chi connectivity index (χ0n) is 17.4. The monoisotopic (exact) mass is 442 g/mol. The third-order valence-electron chi connectivity index (χ3n) is 6.30. The highest BCUT2D eigenvalue weighted by atomic mass is 32.2. The molecule has 1 aliphatic heterocycles. The van der Waals surface area contributed by atoms with Crippen LogP contribution in [0.3, 0.4) is 0 Å². The van der Waals surface area contributed by atoms with Crippen LogP contribution in [0.4, 0.5) is 0 Å². The van der Waals surface area contributed by atoms with Gasteiger partial charge in [0, 0.05) is 28.8 Å². The zero-order chi connectivity index (χ0) is 21.0. The number of likely N-dealkylation sites (tertiary alicyclic amines) is 1. The summed E-state index contributed by atoms with van der Waals surface area (Å²) in [6, 6.07) is 16.7. The van der Waals surface area contributed by atoms with Gasteiger partial charge in [0.05, 0.1) is 11.8 Å². The maximum Gasteiger partial charge on any atom is 0.324 e. The van der Waals surface area contributed by atoms with Crippen LogP contribution >= 0.6 is 11.8 Å². The minimum Gasteiger partial charge on any atom is -0.302 e. The number of rotatable bonds is 4. The molecular formula is C23H26N2O3S2. The molecule has 0 bridgehead atoms. The molecule has 3 aromatic rings. The Morgan fingerprint density at radius 2 is 1.87 bits per heavy atom. The summed E-state index contributed by atoms with van der Waals surface area (Å²) in [7, 11) is -1.46. The first-order chi connectivity index (χ1) is 14.3. The van der Waals surface area contributed by atoms with E-state index in [0.29, 0.717) is 17.9 Å². The summed E-state index contributed by atoms with van der Waals surface area (Å²) in [5, 5.41) is 2.03. The molecule has 0 radical (unpaired) electrons. The van der Waals surface area contributed by atoms with Crippen molar-refractivity contribution in [3.8, 4) is 0 Å². The maximum atomic E-state index is 12.1. The largest absolute Gasteiger partial charge is 0.324 e. The van der Waals surface area contributed by atoms with Crippen molar-refractivity contribution in [1.82, 2.24) is 9.63 Å². The highest BCUT2D eigenvalue weighted by molar-refractivity contribution is 7.99. The molecule has 1 unspecified atom stereocenters. The average Bonchev–Trinajstić information content (AvgIpc) is 2.96. The first-order valence-corrected chi connectivity index (χ1v) is 12.9. The van der Waals surface area contributed by atoms with Gasteiger partial charge in [0.1, 0.15) is 5.03 Å². The molecule has 2 heterocycles. The van der Waals surface area contributed by atoms with Crippen LogP contribution in [0.15, 0.2) is 58.5 Å². The van der Waals surface area contributed by atoms with Gasteiger partial charge in [0.25, 0.3) is 0 Å². The minimum absolute atomic E-state index is 0.420. The summed E-state index contributed by atoms with van der Waals surface area (Å²) < 4.78 is 31.3. The lowest BCUT2D eigenvalue weighted by atomic mass is 9.73. The topological polar surface area (TPSA) is 51.5 Å². The Hall–Kier alpha value is -1.96. The number of piperidine rings is 1. The molecule has 3 atom stereocenters. The number of nitrogens with zero attached hydrogens (tertiary/aromatic N) is 2. The van der Waals surface area contributed by atoms with E-state index in [-0.39, 0.29) is 0 Å². The van der Waals surface area contributed by atoms with Crippen molar-refractivity contribution in [3.05, 3.63) is 59.7 Å². The van der Waals surface area contributed by atoms with Gasteiger partial charge in [-0.3, -0.25) is 4.28 Å². The normalized spacial score (nSPS) is 24.0. The fraction of sp³-hybridized carbons (Fsp3) is 0.391. The van der Waals surface area contributed by atoms with Crippen LogP contribution in [0.2, 0.25) is 0 Å². The smallest absolute Gasteiger partial charge is 0.302 e. The lowest BCUT2D eigenvalue weighted by molar-refractivity contribution is 0.118. The number of aromatic nitrogens is 1. The fourth-order valence-corrected chi connectivity index (χ4v) is 6.76. The molecule has 1 aliphatic carbocycles. The van der Waals surface area contributed by atoms with Gasteiger partial charge in [0.15, 0.2) is 0 Å². The van der Waals surface area contributed by atoms with E-state index in [2.05, 4.69) is 24.9 Å². The van der Waals surface area contributed by atoms with Gasteiger partial charge in [-0.25, -0.2) is 0 Å². The van der Waals surface area contributed by atoms with E-state index in [4.69, 9.17) is 4.28 Å². The Morgan fingerprint density at radius 1 is 1.10 bits per heavy atom. The van der Waals surface area contributed by atoms with Crippen molar-refractivity contribution in [1.29, 1.82) is 0 Å². The number of fused-ring (bicyclic) bond motifs is 2. The molecule has 5 rings (SSSR count). The Bertz CT molecular complexity index is 1200. The van der Waals surface area contributed by atoms with E-state index in [9.17, 15) is 8.42 Å². The molecule has 0 N–H and O–H groups in total. The second kappa shape index (κ2) is 7.32. The fourth-order valence-electron chi connectivity index (χ4n) is 5.25. The second-order valence-electron chi connectivity index (χ2n) is 8.67. The molecule has 2 aliphatic rings. The Morgan fingerprint density at radius 3 is 2.60 bits per heavy atom. The van der Waals surface area contributed by atoms with Gasteiger partial charge >= 0.3 is 10.1 Å². The summed E-state index contributed by atoms with van der Waals surface area (Å²) in [5.41, 5.74) is 3.36. The SMILES string of the molecule is CC1C[C@@H]2c3cccc4c3c(c(Sc3ccccc3)n4OS(C)(=O)=O)C[C@H]2N(C)C1. The standard InChI is InChI=1S/C23H26N2O3S2/c1-15-12-18-17-10-7-11-20-22(17)19(13-21(18)24(2)14-15)23(25(20)28-30(3,26)27)29-16-8-5-4-6-9-16/h4-11,15,18,21H,12-14H2,1-3H3/t15?,18-,21-/m1/s1. The van der Waals surface area contributed by atoms with Crippen LogP contribution in [-0.2, 0) is 16.5 Å². The third-order valence-corrected chi connectivity index (χ3v) is 7.84. The lowest BCUT2D eigenvalue weighted by Gasteiger charge is -2.44. The van der Waals surface area contributed by atoms with Crippen molar-refractivity contribution in [2.45, 2.75) is 41.6 Å². The molecule has 0 saturated carbocycles. The molecule has 0 amide bonds. The van der Waals surface area contributed by atoms with E-state index >= 15 is 0 Å². The summed E-state index contributed by atoms with van der Waals surface area (Å²) in [4.78, 5) is 3.54. The van der Waals surface area contributed by atoms with Gasteiger partial charge in [-0.05, 0) is 55.1 Å². The predicted octanol–water partition coefficient (Wildman–Crippen LogP) is 4.16. The number of likely N-dealkylation sites (N-methyl/N-ethyl adjacent to an activating group) is 1. The summed E-state index contributed by atoms with van der Waals surface area (Å²) in [5.74, 6) is 1.10.